The minimum Gasteiger partial charge on any atom is -0.352 e. The monoisotopic (exact) mass is 243 g/mol. The van der Waals surface area contributed by atoms with Crippen LogP contribution in [-0.2, 0) is 4.79 Å². The van der Waals surface area contributed by atoms with Crippen molar-refractivity contribution in [2.75, 3.05) is 27.2 Å². The predicted octanol–water partition coefficient (Wildman–Crippen LogP) is 1.22. The van der Waals surface area contributed by atoms with Crippen LogP contribution in [0.1, 0.15) is 40.0 Å². The molecule has 0 aromatic rings. The SMILES string of the molecule is CCC(C)NC(=O)C(C)NCCCCN(C)C. The van der Waals surface area contributed by atoms with Crippen molar-refractivity contribution in [1.29, 1.82) is 0 Å². The van der Waals surface area contributed by atoms with Crippen LogP contribution in [0.5, 0.6) is 0 Å². The molecule has 0 aliphatic rings. The molecule has 0 saturated heterocycles. The number of unbranched alkanes of at least 4 members (excludes halogenated alkanes) is 1. The van der Waals surface area contributed by atoms with Gasteiger partial charge in [0.25, 0.3) is 0 Å². The highest BCUT2D eigenvalue weighted by atomic mass is 16.2. The number of nitrogens with zero attached hydrogens (tertiary/aromatic N) is 1. The standard InChI is InChI=1S/C13H29N3O/c1-6-11(2)15-13(17)12(3)14-9-7-8-10-16(4)5/h11-12,14H,6-10H2,1-5H3,(H,15,17). The average Bonchev–Trinajstić information content (AvgIpc) is 2.27. The lowest BCUT2D eigenvalue weighted by Crippen LogP contribution is -2.45. The Bertz CT molecular complexity index is 207. The van der Waals surface area contributed by atoms with Crippen LogP contribution < -0.4 is 10.6 Å². The summed E-state index contributed by atoms with van der Waals surface area (Å²) in [6.45, 7) is 8.04. The summed E-state index contributed by atoms with van der Waals surface area (Å²) in [7, 11) is 4.16. The quantitative estimate of drug-likeness (QED) is 0.599. The fourth-order valence-corrected chi connectivity index (χ4v) is 1.43. The summed E-state index contributed by atoms with van der Waals surface area (Å²) in [5.41, 5.74) is 0. The van der Waals surface area contributed by atoms with Gasteiger partial charge in [-0.05, 0) is 60.3 Å². The molecule has 102 valence electrons. The molecule has 2 unspecified atom stereocenters. The molecule has 0 saturated carbocycles. The molecule has 4 heteroatoms. The third-order valence-corrected chi connectivity index (χ3v) is 2.88. The molecule has 0 aromatic heterocycles. The Morgan fingerprint density at radius 1 is 1.24 bits per heavy atom. The Balaban J connectivity index is 3.57. The molecule has 0 aliphatic heterocycles. The average molecular weight is 243 g/mol. The molecular weight excluding hydrogens is 214 g/mol. The Kier molecular flexibility index (Phi) is 9.09. The van der Waals surface area contributed by atoms with E-state index in [1.165, 1.54) is 6.42 Å². The lowest BCUT2D eigenvalue weighted by atomic mass is 10.2. The molecule has 17 heavy (non-hydrogen) atoms. The zero-order valence-corrected chi connectivity index (χ0v) is 12.0. The molecule has 2 N–H and O–H groups in total. The molecule has 1 amide bonds. The molecule has 0 aliphatic carbocycles. The molecular formula is C13H29N3O. The molecule has 0 spiro atoms. The lowest BCUT2D eigenvalue weighted by Gasteiger charge is -2.17. The van der Waals surface area contributed by atoms with E-state index in [9.17, 15) is 4.79 Å². The van der Waals surface area contributed by atoms with Gasteiger partial charge >= 0.3 is 0 Å². The number of carbonyl (C=O) groups is 1. The van der Waals surface area contributed by atoms with Crippen LogP contribution in [0.15, 0.2) is 0 Å². The van der Waals surface area contributed by atoms with Crippen LogP contribution in [0.25, 0.3) is 0 Å². The van der Waals surface area contributed by atoms with Gasteiger partial charge in [-0.3, -0.25) is 4.79 Å². The number of rotatable bonds is 9. The topological polar surface area (TPSA) is 44.4 Å². The zero-order valence-electron chi connectivity index (χ0n) is 12.0. The van der Waals surface area contributed by atoms with Gasteiger partial charge in [0.05, 0.1) is 6.04 Å². The summed E-state index contributed by atoms with van der Waals surface area (Å²) < 4.78 is 0. The number of hydrogen-bond acceptors (Lipinski definition) is 3. The van der Waals surface area contributed by atoms with Crippen LogP contribution in [0.4, 0.5) is 0 Å². The smallest absolute Gasteiger partial charge is 0.237 e. The summed E-state index contributed by atoms with van der Waals surface area (Å²) in [5.74, 6) is 0.104. The van der Waals surface area contributed by atoms with Crippen molar-refractivity contribution in [1.82, 2.24) is 15.5 Å². The van der Waals surface area contributed by atoms with Gasteiger partial charge in [-0.25, -0.2) is 0 Å². The minimum absolute atomic E-state index is 0.0941. The maximum absolute atomic E-state index is 11.7. The fraction of sp³-hybridized carbons (Fsp3) is 0.923. The van der Waals surface area contributed by atoms with Gasteiger partial charge < -0.3 is 15.5 Å². The van der Waals surface area contributed by atoms with E-state index in [0.29, 0.717) is 0 Å². The molecule has 0 heterocycles. The van der Waals surface area contributed by atoms with E-state index < -0.39 is 0 Å². The van der Waals surface area contributed by atoms with E-state index in [4.69, 9.17) is 0 Å². The van der Waals surface area contributed by atoms with Gasteiger partial charge in [0.2, 0.25) is 5.91 Å². The van der Waals surface area contributed by atoms with Crippen LogP contribution in [0.3, 0.4) is 0 Å². The summed E-state index contributed by atoms with van der Waals surface area (Å²) in [6, 6.07) is 0.170. The van der Waals surface area contributed by atoms with Crippen molar-refractivity contribution in [2.24, 2.45) is 0 Å². The molecule has 4 nitrogen and oxygen atoms in total. The van der Waals surface area contributed by atoms with Crippen molar-refractivity contribution in [3.63, 3.8) is 0 Å². The first-order valence-corrected chi connectivity index (χ1v) is 6.65. The first kappa shape index (κ1) is 16.4. The Morgan fingerprint density at radius 3 is 2.41 bits per heavy atom. The third-order valence-electron chi connectivity index (χ3n) is 2.88. The van der Waals surface area contributed by atoms with Crippen LogP contribution in [-0.4, -0.2) is 50.1 Å². The van der Waals surface area contributed by atoms with Gasteiger partial charge in [0.1, 0.15) is 0 Å². The first-order chi connectivity index (χ1) is 7.97. The van der Waals surface area contributed by atoms with E-state index >= 15 is 0 Å². The van der Waals surface area contributed by atoms with Crippen LogP contribution in [0, 0.1) is 0 Å². The molecule has 0 fully saturated rings. The molecule has 0 radical (unpaired) electrons. The van der Waals surface area contributed by atoms with Gasteiger partial charge in [-0.1, -0.05) is 6.92 Å². The first-order valence-electron chi connectivity index (χ1n) is 6.65. The van der Waals surface area contributed by atoms with Crippen molar-refractivity contribution >= 4 is 5.91 Å². The summed E-state index contributed by atoms with van der Waals surface area (Å²) in [6.07, 6.45) is 3.25. The van der Waals surface area contributed by atoms with Crippen molar-refractivity contribution in [3.8, 4) is 0 Å². The number of amides is 1. The Hall–Kier alpha value is -0.610. The fourth-order valence-electron chi connectivity index (χ4n) is 1.43. The van der Waals surface area contributed by atoms with E-state index in [1.807, 2.05) is 13.8 Å². The summed E-state index contributed by atoms with van der Waals surface area (Å²) >= 11 is 0. The number of hydrogen-bond donors (Lipinski definition) is 2. The zero-order chi connectivity index (χ0) is 13.3. The van der Waals surface area contributed by atoms with E-state index in [-0.39, 0.29) is 18.0 Å². The predicted molar refractivity (Wildman–Crippen MR) is 73.1 cm³/mol. The maximum Gasteiger partial charge on any atom is 0.237 e. The summed E-state index contributed by atoms with van der Waals surface area (Å²) in [4.78, 5) is 13.9. The normalized spacial score (nSPS) is 14.7. The van der Waals surface area contributed by atoms with E-state index in [2.05, 4.69) is 36.6 Å². The van der Waals surface area contributed by atoms with Gasteiger partial charge in [0.15, 0.2) is 0 Å². The molecule has 0 rings (SSSR count). The third kappa shape index (κ3) is 9.12. The summed E-state index contributed by atoms with van der Waals surface area (Å²) in [5, 5.41) is 6.23. The highest BCUT2D eigenvalue weighted by Crippen LogP contribution is 1.93. The van der Waals surface area contributed by atoms with Crippen molar-refractivity contribution < 1.29 is 4.79 Å². The minimum atomic E-state index is -0.0941. The second-order valence-electron chi connectivity index (χ2n) is 5.00. The maximum atomic E-state index is 11.7. The Labute approximate surface area is 106 Å². The van der Waals surface area contributed by atoms with E-state index in [0.717, 1.165) is 25.9 Å². The highest BCUT2D eigenvalue weighted by molar-refractivity contribution is 5.81. The molecule has 0 aromatic carbocycles. The second kappa shape index (κ2) is 9.42. The molecule has 0 bridgehead atoms. The lowest BCUT2D eigenvalue weighted by molar-refractivity contribution is -0.123. The van der Waals surface area contributed by atoms with Crippen LogP contribution in [0.2, 0.25) is 0 Å². The van der Waals surface area contributed by atoms with Crippen molar-refractivity contribution in [3.05, 3.63) is 0 Å². The van der Waals surface area contributed by atoms with E-state index in [1.54, 1.807) is 0 Å². The van der Waals surface area contributed by atoms with Crippen LogP contribution >= 0.6 is 0 Å². The number of carbonyl (C=O) groups excluding carboxylic acids is 1. The Morgan fingerprint density at radius 2 is 1.88 bits per heavy atom. The van der Waals surface area contributed by atoms with Gasteiger partial charge in [-0.2, -0.15) is 0 Å². The number of nitrogens with one attached hydrogen (secondary N) is 2. The van der Waals surface area contributed by atoms with Gasteiger partial charge in [-0.15, -0.1) is 0 Å². The second-order valence-corrected chi connectivity index (χ2v) is 5.00. The molecule has 2 atom stereocenters. The van der Waals surface area contributed by atoms with Gasteiger partial charge in [0, 0.05) is 6.04 Å². The highest BCUT2D eigenvalue weighted by Gasteiger charge is 2.13. The van der Waals surface area contributed by atoms with Crippen molar-refractivity contribution in [2.45, 2.75) is 52.1 Å². The largest absolute Gasteiger partial charge is 0.352 e.